The number of thioether (sulfide) groups is 1. The second kappa shape index (κ2) is 6.53. The van der Waals surface area contributed by atoms with Gasteiger partial charge in [0.15, 0.2) is 0 Å². The van der Waals surface area contributed by atoms with Gasteiger partial charge in [-0.05, 0) is 19.1 Å². The van der Waals surface area contributed by atoms with Crippen molar-refractivity contribution in [2.75, 3.05) is 6.61 Å². The molecule has 0 aliphatic rings. The Bertz CT molecular complexity index is 576. The fourth-order valence-electron chi connectivity index (χ4n) is 1.21. The van der Waals surface area contributed by atoms with Crippen molar-refractivity contribution in [3.63, 3.8) is 0 Å². The maximum atomic E-state index is 11.3. The van der Waals surface area contributed by atoms with E-state index in [9.17, 15) is 4.79 Å². The minimum Gasteiger partial charge on any atom is -0.459 e. The number of pyridine rings is 1. The first-order valence-electron chi connectivity index (χ1n) is 5.44. The number of hydrogen-bond donors (Lipinski definition) is 0. The molecule has 2 heterocycles. The molecule has 8 heteroatoms. The Morgan fingerprint density at radius 3 is 3.05 bits per heavy atom. The van der Waals surface area contributed by atoms with Crippen molar-refractivity contribution in [3.8, 4) is 0 Å². The van der Waals surface area contributed by atoms with Gasteiger partial charge in [-0.25, -0.2) is 9.78 Å². The van der Waals surface area contributed by atoms with Crippen LogP contribution in [0.5, 0.6) is 0 Å². The van der Waals surface area contributed by atoms with E-state index in [4.69, 9.17) is 20.8 Å². The third-order valence-electron chi connectivity index (χ3n) is 1.97. The molecular weight excluding hydrogens is 290 g/mol. The molecule has 100 valence electrons. The Kier molecular flexibility index (Phi) is 4.75. The van der Waals surface area contributed by atoms with Crippen molar-refractivity contribution in [2.45, 2.75) is 17.9 Å². The van der Waals surface area contributed by atoms with E-state index >= 15 is 0 Å². The Labute approximate surface area is 118 Å². The zero-order valence-electron chi connectivity index (χ0n) is 10.00. The molecule has 0 atom stereocenters. The summed E-state index contributed by atoms with van der Waals surface area (Å²) in [5, 5.41) is 8.06. The standard InChI is InChI=1S/C11H10ClN3O3S/c1-2-17-10(16)9-14-15-11(18-9)19-6-7-4-3-5-8(12)13-7/h3-5H,2,6H2,1H3. The van der Waals surface area contributed by atoms with Gasteiger partial charge in [0.1, 0.15) is 5.15 Å². The first-order chi connectivity index (χ1) is 9.19. The number of carbonyl (C=O) groups is 1. The van der Waals surface area contributed by atoms with Crippen molar-refractivity contribution in [1.82, 2.24) is 15.2 Å². The number of halogens is 1. The summed E-state index contributed by atoms with van der Waals surface area (Å²) in [5.41, 5.74) is 0.786. The van der Waals surface area contributed by atoms with Crippen molar-refractivity contribution in [2.24, 2.45) is 0 Å². The van der Waals surface area contributed by atoms with Crippen LogP contribution in [0, 0.1) is 0 Å². The second-order valence-electron chi connectivity index (χ2n) is 3.33. The van der Waals surface area contributed by atoms with Gasteiger partial charge in [-0.15, -0.1) is 5.10 Å². The van der Waals surface area contributed by atoms with Crippen molar-refractivity contribution < 1.29 is 13.9 Å². The summed E-state index contributed by atoms with van der Waals surface area (Å²) < 4.78 is 9.90. The van der Waals surface area contributed by atoms with E-state index in [0.29, 0.717) is 10.9 Å². The lowest BCUT2D eigenvalue weighted by molar-refractivity contribution is 0.0475. The Morgan fingerprint density at radius 1 is 1.47 bits per heavy atom. The van der Waals surface area contributed by atoms with Crippen LogP contribution in [-0.4, -0.2) is 27.8 Å². The van der Waals surface area contributed by atoms with Crippen LogP contribution in [-0.2, 0) is 10.5 Å². The predicted molar refractivity (Wildman–Crippen MR) is 69.1 cm³/mol. The van der Waals surface area contributed by atoms with E-state index < -0.39 is 5.97 Å². The minimum atomic E-state index is -0.622. The molecule has 2 aromatic rings. The largest absolute Gasteiger partial charge is 0.459 e. The molecule has 6 nitrogen and oxygen atoms in total. The minimum absolute atomic E-state index is 0.150. The van der Waals surface area contributed by atoms with E-state index in [2.05, 4.69) is 15.2 Å². The highest BCUT2D eigenvalue weighted by molar-refractivity contribution is 7.98. The number of aromatic nitrogens is 3. The maximum Gasteiger partial charge on any atom is 0.396 e. The quantitative estimate of drug-likeness (QED) is 0.477. The van der Waals surface area contributed by atoms with E-state index in [1.54, 1.807) is 13.0 Å². The number of carbonyl (C=O) groups excluding carboxylic acids is 1. The Balaban J connectivity index is 1.95. The summed E-state index contributed by atoms with van der Waals surface area (Å²) in [4.78, 5) is 15.4. The smallest absolute Gasteiger partial charge is 0.396 e. The molecule has 2 rings (SSSR count). The molecule has 0 unspecified atom stereocenters. The van der Waals surface area contributed by atoms with Crippen molar-refractivity contribution in [3.05, 3.63) is 34.9 Å². The molecule has 0 aromatic carbocycles. The number of nitrogens with zero attached hydrogens (tertiary/aromatic N) is 3. The normalized spacial score (nSPS) is 10.4. The van der Waals surface area contributed by atoms with Gasteiger partial charge in [0.05, 0.1) is 12.3 Å². The van der Waals surface area contributed by atoms with E-state index in [-0.39, 0.29) is 17.7 Å². The lowest BCUT2D eigenvalue weighted by Gasteiger charge is -1.97. The van der Waals surface area contributed by atoms with Gasteiger partial charge in [-0.2, -0.15) is 0 Å². The third-order valence-corrected chi connectivity index (χ3v) is 3.04. The summed E-state index contributed by atoms with van der Waals surface area (Å²) in [6.07, 6.45) is 0. The summed E-state index contributed by atoms with van der Waals surface area (Å²) in [7, 11) is 0. The number of ether oxygens (including phenoxy) is 1. The van der Waals surface area contributed by atoms with E-state index in [0.717, 1.165) is 5.69 Å². The predicted octanol–water partition coefficient (Wildman–Crippen LogP) is 2.59. The van der Waals surface area contributed by atoms with E-state index in [1.807, 2.05) is 12.1 Å². The second-order valence-corrected chi connectivity index (χ2v) is 4.65. The van der Waals surface area contributed by atoms with Crippen LogP contribution in [0.25, 0.3) is 0 Å². The Hall–Kier alpha value is -1.60. The van der Waals surface area contributed by atoms with Crippen molar-refractivity contribution >= 4 is 29.3 Å². The van der Waals surface area contributed by atoms with Gasteiger partial charge in [0.2, 0.25) is 0 Å². The lowest BCUT2D eigenvalue weighted by atomic mass is 10.4. The van der Waals surface area contributed by atoms with Gasteiger partial charge in [0.25, 0.3) is 5.22 Å². The van der Waals surface area contributed by atoms with Crippen LogP contribution < -0.4 is 0 Å². The lowest BCUT2D eigenvalue weighted by Crippen LogP contribution is -2.04. The van der Waals surface area contributed by atoms with E-state index in [1.165, 1.54) is 11.8 Å². The fourth-order valence-corrected chi connectivity index (χ4v) is 2.06. The fraction of sp³-hybridized carbons (Fsp3) is 0.273. The number of rotatable bonds is 5. The molecule has 0 fully saturated rings. The van der Waals surface area contributed by atoms with Gasteiger partial charge in [-0.1, -0.05) is 34.5 Å². The van der Waals surface area contributed by atoms with Crippen molar-refractivity contribution in [1.29, 1.82) is 0 Å². The van der Waals surface area contributed by atoms with Crippen LogP contribution in [0.1, 0.15) is 23.3 Å². The number of esters is 1. The van der Waals surface area contributed by atoms with Crippen LogP contribution in [0.4, 0.5) is 0 Å². The van der Waals surface area contributed by atoms with Crippen LogP contribution in [0.15, 0.2) is 27.8 Å². The zero-order chi connectivity index (χ0) is 13.7. The molecule has 0 amide bonds. The highest BCUT2D eigenvalue weighted by Gasteiger charge is 2.16. The molecule has 0 saturated heterocycles. The average Bonchev–Trinajstić information content (AvgIpc) is 2.86. The molecule has 0 aliphatic carbocycles. The molecule has 2 aromatic heterocycles. The molecular formula is C11H10ClN3O3S. The number of hydrogen-bond acceptors (Lipinski definition) is 7. The van der Waals surface area contributed by atoms with Crippen LogP contribution >= 0.6 is 23.4 Å². The molecule has 0 radical (unpaired) electrons. The first-order valence-corrected chi connectivity index (χ1v) is 6.80. The van der Waals surface area contributed by atoms with Gasteiger partial charge >= 0.3 is 11.9 Å². The summed E-state index contributed by atoms with van der Waals surface area (Å²) in [5.74, 6) is -0.253. The molecule has 0 saturated carbocycles. The maximum absolute atomic E-state index is 11.3. The van der Waals surface area contributed by atoms with Gasteiger partial charge in [-0.3, -0.25) is 0 Å². The third kappa shape index (κ3) is 3.93. The first kappa shape index (κ1) is 13.8. The van der Waals surface area contributed by atoms with Crippen LogP contribution in [0.3, 0.4) is 0 Å². The van der Waals surface area contributed by atoms with Crippen LogP contribution in [0.2, 0.25) is 5.15 Å². The summed E-state index contributed by atoms with van der Waals surface area (Å²) in [6, 6.07) is 5.34. The SMILES string of the molecule is CCOC(=O)c1nnc(SCc2cccc(Cl)n2)o1. The summed E-state index contributed by atoms with van der Waals surface area (Å²) in [6.45, 7) is 1.96. The average molecular weight is 300 g/mol. The molecule has 0 N–H and O–H groups in total. The summed E-state index contributed by atoms with van der Waals surface area (Å²) >= 11 is 7.04. The highest BCUT2D eigenvalue weighted by atomic mass is 35.5. The Morgan fingerprint density at radius 2 is 2.32 bits per heavy atom. The molecule has 0 bridgehead atoms. The molecule has 19 heavy (non-hydrogen) atoms. The monoisotopic (exact) mass is 299 g/mol. The molecule has 0 aliphatic heterocycles. The van der Waals surface area contributed by atoms with Gasteiger partial charge in [0, 0.05) is 5.75 Å². The molecule has 0 spiro atoms. The topological polar surface area (TPSA) is 78.1 Å². The highest BCUT2D eigenvalue weighted by Crippen LogP contribution is 2.21. The zero-order valence-corrected chi connectivity index (χ0v) is 11.6. The van der Waals surface area contributed by atoms with Gasteiger partial charge < -0.3 is 9.15 Å².